The monoisotopic (exact) mass is 358 g/mol. The summed E-state index contributed by atoms with van der Waals surface area (Å²) >= 11 is 7.18. The van der Waals surface area contributed by atoms with Gasteiger partial charge >= 0.3 is 10.7 Å². The summed E-state index contributed by atoms with van der Waals surface area (Å²) in [6.07, 6.45) is 0.547. The van der Waals surface area contributed by atoms with E-state index in [1.807, 2.05) is 6.92 Å². The van der Waals surface area contributed by atoms with Crippen molar-refractivity contribution in [2.75, 3.05) is 12.4 Å². The van der Waals surface area contributed by atoms with E-state index in [-0.39, 0.29) is 5.91 Å². The van der Waals surface area contributed by atoms with Crippen LogP contribution in [-0.2, 0) is 11.8 Å². The van der Waals surface area contributed by atoms with Crippen molar-refractivity contribution in [2.24, 2.45) is 7.05 Å². The first kappa shape index (κ1) is 17.4. The van der Waals surface area contributed by atoms with Crippen molar-refractivity contribution >= 4 is 35.0 Å². The van der Waals surface area contributed by atoms with Gasteiger partial charge < -0.3 is 10.1 Å². The smallest absolute Gasteiger partial charge is 0.441 e. The molecule has 1 aromatic heterocycles. The summed E-state index contributed by atoms with van der Waals surface area (Å²) < 4.78 is 11.2. The Morgan fingerprint density at radius 1 is 1.57 bits per heavy atom. The Morgan fingerprint density at radius 3 is 2.83 bits per heavy atom. The van der Waals surface area contributed by atoms with Crippen LogP contribution in [0.2, 0.25) is 5.02 Å². The van der Waals surface area contributed by atoms with E-state index in [2.05, 4.69) is 15.1 Å². The third-order valence-corrected chi connectivity index (χ3v) is 4.88. The van der Waals surface area contributed by atoms with Crippen molar-refractivity contribution in [3.63, 3.8) is 0 Å². The maximum Gasteiger partial charge on any atom is 0.441 e. The molecule has 7 nitrogen and oxygen atoms in total. The molecule has 0 radical (unpaired) electrons. The minimum Gasteiger partial charge on any atom is -0.495 e. The number of methoxy groups -OCH3 is 1. The van der Waals surface area contributed by atoms with E-state index in [0.29, 0.717) is 27.9 Å². The average molecular weight is 359 g/mol. The number of hydrogen-bond acceptors (Lipinski definition) is 5. The Labute approximate surface area is 141 Å². The lowest BCUT2D eigenvalue weighted by Gasteiger charge is -2.13. The zero-order valence-corrected chi connectivity index (χ0v) is 14.5. The Balaban J connectivity index is 2.11. The van der Waals surface area contributed by atoms with Gasteiger partial charge in [0.2, 0.25) is 5.91 Å². The molecule has 1 heterocycles. The fourth-order valence-corrected chi connectivity index (χ4v) is 3.08. The predicted octanol–water partition coefficient (Wildman–Crippen LogP) is 1.96. The quantitative estimate of drug-likeness (QED) is 0.608. The van der Waals surface area contributed by atoms with Crippen LogP contribution in [0, 0.1) is 0 Å². The summed E-state index contributed by atoms with van der Waals surface area (Å²) in [6, 6.07) is 4.98. The van der Waals surface area contributed by atoms with Crippen LogP contribution in [0.15, 0.2) is 32.5 Å². The molecule has 124 valence electrons. The van der Waals surface area contributed by atoms with Gasteiger partial charge in [-0.05, 0) is 41.7 Å². The normalized spacial score (nSPS) is 12.0. The third kappa shape index (κ3) is 4.08. The molecule has 0 bridgehead atoms. The fraction of sp³-hybridized carbons (Fsp3) is 0.357. The summed E-state index contributed by atoms with van der Waals surface area (Å²) in [5, 5.41) is 5.50. The summed E-state index contributed by atoms with van der Waals surface area (Å²) in [6.45, 7) is 1.87. The molecule has 0 spiro atoms. The maximum atomic E-state index is 12.4. The lowest BCUT2D eigenvalue weighted by atomic mass is 10.2. The second kappa shape index (κ2) is 7.56. The van der Waals surface area contributed by atoms with Crippen molar-refractivity contribution in [1.82, 2.24) is 5.27 Å². The number of nitrogens with one attached hydrogen (secondary N) is 2. The molecule has 9 heteroatoms. The highest BCUT2D eigenvalue weighted by atomic mass is 35.5. The standard InChI is InChI=1S/C14H16ClN3O4S/c1-4-11(23-13-14(20)22-17-18(13)2)12(19)16-8-5-6-10(21-3)9(15)7-8/h5-7,11H,4H2,1-3H3,(H-,16,17,19,20)/p+1. The molecule has 1 atom stereocenters. The number of rotatable bonds is 6. The highest BCUT2D eigenvalue weighted by Gasteiger charge is 2.27. The largest absolute Gasteiger partial charge is 0.495 e. The van der Waals surface area contributed by atoms with Crippen LogP contribution in [0.25, 0.3) is 0 Å². The van der Waals surface area contributed by atoms with E-state index in [0.717, 1.165) is 11.8 Å². The van der Waals surface area contributed by atoms with Gasteiger partial charge in [-0.1, -0.05) is 23.2 Å². The van der Waals surface area contributed by atoms with Crippen LogP contribution in [0.1, 0.15) is 13.3 Å². The first-order valence-electron chi connectivity index (χ1n) is 6.84. The van der Waals surface area contributed by atoms with E-state index in [4.69, 9.17) is 16.3 Å². The lowest BCUT2D eigenvalue weighted by molar-refractivity contribution is -0.772. The number of benzene rings is 1. The highest BCUT2D eigenvalue weighted by Crippen LogP contribution is 2.28. The number of hydrogen-bond donors (Lipinski definition) is 2. The first-order valence-corrected chi connectivity index (χ1v) is 8.10. The van der Waals surface area contributed by atoms with E-state index in [1.54, 1.807) is 25.2 Å². The van der Waals surface area contributed by atoms with Crippen molar-refractivity contribution in [1.29, 1.82) is 0 Å². The van der Waals surface area contributed by atoms with Crippen LogP contribution in [0.3, 0.4) is 0 Å². The molecule has 0 fully saturated rings. The molecular weight excluding hydrogens is 342 g/mol. The minimum atomic E-state index is -0.503. The number of carbonyl (C=O) groups excluding carboxylic acids is 1. The second-order valence-electron chi connectivity index (χ2n) is 4.70. The number of thioether (sulfide) groups is 1. The molecule has 0 aliphatic carbocycles. The molecule has 2 N–H and O–H groups in total. The van der Waals surface area contributed by atoms with Crippen molar-refractivity contribution in [3.05, 3.63) is 33.6 Å². The molecule has 1 aromatic carbocycles. The number of nitrogens with zero attached hydrogens (tertiary/aromatic N) is 1. The van der Waals surface area contributed by atoms with Crippen molar-refractivity contribution in [3.8, 4) is 5.75 Å². The summed E-state index contributed by atoms with van der Waals surface area (Å²) in [7, 11) is 3.16. The van der Waals surface area contributed by atoms with Gasteiger partial charge in [0.15, 0.2) is 7.05 Å². The average Bonchev–Trinajstić information content (AvgIpc) is 2.83. The Hall–Kier alpha value is -1.93. The lowest BCUT2D eigenvalue weighted by Crippen LogP contribution is -2.35. The molecule has 0 aliphatic heterocycles. The molecule has 0 aliphatic rings. The Bertz CT molecular complexity index is 759. The molecule has 2 aromatic rings. The minimum absolute atomic E-state index is 0.223. The molecule has 2 rings (SSSR count). The Kier molecular flexibility index (Phi) is 5.73. The van der Waals surface area contributed by atoms with Crippen LogP contribution >= 0.6 is 23.4 Å². The Morgan fingerprint density at radius 2 is 2.30 bits per heavy atom. The summed E-state index contributed by atoms with van der Waals surface area (Å²) in [4.78, 5) is 24.0. The maximum absolute atomic E-state index is 12.4. The second-order valence-corrected chi connectivity index (χ2v) is 6.30. The van der Waals surface area contributed by atoms with Crippen LogP contribution in [-0.4, -0.2) is 23.5 Å². The van der Waals surface area contributed by atoms with E-state index in [1.165, 1.54) is 11.8 Å². The zero-order valence-electron chi connectivity index (χ0n) is 12.9. The van der Waals surface area contributed by atoms with Crippen LogP contribution in [0.4, 0.5) is 5.69 Å². The predicted molar refractivity (Wildman–Crippen MR) is 87.1 cm³/mol. The molecule has 0 saturated carbocycles. The van der Waals surface area contributed by atoms with Gasteiger partial charge in [0, 0.05) is 5.69 Å². The number of aryl methyl sites for hydroxylation is 1. The van der Waals surface area contributed by atoms with Crippen molar-refractivity contribution < 1.29 is 18.7 Å². The van der Waals surface area contributed by atoms with Gasteiger partial charge in [-0.15, -0.1) is 0 Å². The van der Waals surface area contributed by atoms with E-state index < -0.39 is 10.9 Å². The molecule has 23 heavy (non-hydrogen) atoms. The van der Waals surface area contributed by atoms with Gasteiger partial charge in [0.1, 0.15) is 5.75 Å². The highest BCUT2D eigenvalue weighted by molar-refractivity contribution is 8.00. The summed E-state index contributed by atoms with van der Waals surface area (Å²) in [5.41, 5.74) is 0.0570. The van der Waals surface area contributed by atoms with Gasteiger partial charge in [0.05, 0.1) is 17.4 Å². The number of aromatic amines is 1. The fourth-order valence-electron chi connectivity index (χ4n) is 1.88. The topological polar surface area (TPSA) is 88.2 Å². The number of carbonyl (C=O) groups is 1. The van der Waals surface area contributed by atoms with Gasteiger partial charge in [-0.25, -0.2) is 4.79 Å². The number of halogens is 1. The molecule has 1 amide bonds. The SMILES string of the molecule is CCC(Sc1c(=O)o[nH][n+]1C)C(=O)Nc1ccc(OC)c(Cl)c1. The van der Waals surface area contributed by atoms with Gasteiger partial charge in [0.25, 0.3) is 0 Å². The number of aromatic nitrogens is 2. The van der Waals surface area contributed by atoms with Gasteiger partial charge in [-0.2, -0.15) is 0 Å². The summed E-state index contributed by atoms with van der Waals surface area (Å²) in [5.74, 6) is 0.308. The zero-order chi connectivity index (χ0) is 17.0. The number of anilines is 1. The van der Waals surface area contributed by atoms with Crippen molar-refractivity contribution in [2.45, 2.75) is 23.6 Å². The van der Waals surface area contributed by atoms with Crippen LogP contribution in [0.5, 0.6) is 5.75 Å². The number of H-pyrrole nitrogens is 1. The van der Waals surface area contributed by atoms with Gasteiger partial charge in [-0.3, -0.25) is 9.32 Å². The third-order valence-electron chi connectivity index (χ3n) is 3.09. The molecule has 1 unspecified atom stereocenters. The first-order chi connectivity index (χ1) is 11.0. The number of amides is 1. The van der Waals surface area contributed by atoms with E-state index >= 15 is 0 Å². The van der Waals surface area contributed by atoms with E-state index in [9.17, 15) is 9.59 Å². The van der Waals surface area contributed by atoms with Crippen LogP contribution < -0.4 is 20.4 Å². The number of ether oxygens (including phenoxy) is 1. The molecule has 0 saturated heterocycles. The molecular formula is C14H17ClN3O4S+.